The first-order chi connectivity index (χ1) is 16.9. The van der Waals surface area contributed by atoms with Crippen LogP contribution in [0.4, 0.5) is 15.2 Å². The van der Waals surface area contributed by atoms with E-state index in [2.05, 4.69) is 15.6 Å². The number of thiazole rings is 1. The molecule has 3 aromatic carbocycles. The third-order valence-electron chi connectivity index (χ3n) is 4.95. The van der Waals surface area contributed by atoms with Gasteiger partial charge in [-0.3, -0.25) is 9.59 Å². The van der Waals surface area contributed by atoms with Gasteiger partial charge in [0.05, 0.1) is 17.4 Å². The van der Waals surface area contributed by atoms with Gasteiger partial charge in [0, 0.05) is 26.5 Å². The summed E-state index contributed by atoms with van der Waals surface area (Å²) in [5, 5.41) is 8.25. The SMILES string of the molecule is CC(Sc1cccc(NC(=O)Cc2ccc(Cl)cc2)c1)C(=O)Nc1nc(-c2ccc(F)cc2)cs1. The van der Waals surface area contributed by atoms with Gasteiger partial charge in [0.1, 0.15) is 5.82 Å². The largest absolute Gasteiger partial charge is 0.326 e. The first-order valence-corrected chi connectivity index (χ1v) is 12.8. The number of rotatable bonds is 8. The van der Waals surface area contributed by atoms with E-state index in [-0.39, 0.29) is 24.1 Å². The van der Waals surface area contributed by atoms with Crippen molar-refractivity contribution in [1.29, 1.82) is 0 Å². The van der Waals surface area contributed by atoms with Gasteiger partial charge in [-0.1, -0.05) is 29.8 Å². The molecule has 9 heteroatoms. The van der Waals surface area contributed by atoms with E-state index >= 15 is 0 Å². The first kappa shape index (κ1) is 24.9. The van der Waals surface area contributed by atoms with Crippen molar-refractivity contribution in [2.75, 3.05) is 10.6 Å². The smallest absolute Gasteiger partial charge is 0.239 e. The van der Waals surface area contributed by atoms with Gasteiger partial charge in [-0.25, -0.2) is 9.37 Å². The normalized spacial score (nSPS) is 11.6. The van der Waals surface area contributed by atoms with E-state index in [9.17, 15) is 14.0 Å². The molecule has 2 N–H and O–H groups in total. The number of carbonyl (C=O) groups is 2. The Balaban J connectivity index is 1.32. The molecular weight excluding hydrogens is 505 g/mol. The molecule has 1 heterocycles. The quantitative estimate of drug-likeness (QED) is 0.245. The molecule has 1 atom stereocenters. The maximum atomic E-state index is 13.1. The second-order valence-electron chi connectivity index (χ2n) is 7.67. The topological polar surface area (TPSA) is 71.1 Å². The van der Waals surface area contributed by atoms with Crippen LogP contribution in [0.25, 0.3) is 11.3 Å². The molecule has 2 amide bonds. The van der Waals surface area contributed by atoms with Crippen LogP contribution in [0.2, 0.25) is 5.02 Å². The highest BCUT2D eigenvalue weighted by atomic mass is 35.5. The highest BCUT2D eigenvalue weighted by Crippen LogP contribution is 2.29. The van der Waals surface area contributed by atoms with Gasteiger partial charge in [0.2, 0.25) is 11.8 Å². The standard InChI is InChI=1S/C26H21ClFN3O2S2/c1-16(25(33)31-26-30-23(15-34-26)18-7-11-20(28)12-8-18)35-22-4-2-3-21(14-22)29-24(32)13-17-5-9-19(27)10-6-17/h2-12,14-16H,13H2,1H3,(H,29,32)(H,30,31,33). The van der Waals surface area contributed by atoms with Crippen LogP contribution in [0.1, 0.15) is 12.5 Å². The van der Waals surface area contributed by atoms with Crippen molar-refractivity contribution < 1.29 is 14.0 Å². The number of halogens is 2. The fourth-order valence-corrected chi connectivity index (χ4v) is 4.96. The van der Waals surface area contributed by atoms with Crippen LogP contribution in [0.3, 0.4) is 0 Å². The number of anilines is 2. The lowest BCUT2D eigenvalue weighted by atomic mass is 10.1. The Labute approximate surface area is 215 Å². The molecule has 0 saturated carbocycles. The summed E-state index contributed by atoms with van der Waals surface area (Å²) in [5.74, 6) is -0.637. The van der Waals surface area contributed by atoms with Crippen LogP contribution in [-0.2, 0) is 16.0 Å². The minimum Gasteiger partial charge on any atom is -0.326 e. The second-order valence-corrected chi connectivity index (χ2v) is 10.4. The van der Waals surface area contributed by atoms with Gasteiger partial charge in [-0.2, -0.15) is 0 Å². The number of hydrogen-bond acceptors (Lipinski definition) is 5. The second kappa shape index (κ2) is 11.5. The molecule has 4 aromatic rings. The number of aromatic nitrogens is 1. The zero-order valence-electron chi connectivity index (χ0n) is 18.6. The number of thioether (sulfide) groups is 1. The Morgan fingerprint density at radius 1 is 1.06 bits per heavy atom. The maximum Gasteiger partial charge on any atom is 0.239 e. The highest BCUT2D eigenvalue weighted by Gasteiger charge is 2.17. The Hall–Kier alpha value is -3.20. The summed E-state index contributed by atoms with van der Waals surface area (Å²) < 4.78 is 13.1. The number of nitrogens with one attached hydrogen (secondary N) is 2. The van der Waals surface area contributed by atoms with Crippen molar-refractivity contribution >= 4 is 57.3 Å². The number of amides is 2. The molecule has 1 unspecified atom stereocenters. The fraction of sp³-hybridized carbons (Fsp3) is 0.115. The number of carbonyl (C=O) groups excluding carboxylic acids is 2. The summed E-state index contributed by atoms with van der Waals surface area (Å²) in [6.07, 6.45) is 0.237. The van der Waals surface area contributed by atoms with Crippen molar-refractivity contribution in [1.82, 2.24) is 4.98 Å². The van der Waals surface area contributed by atoms with E-state index in [1.54, 1.807) is 37.3 Å². The van der Waals surface area contributed by atoms with Gasteiger partial charge >= 0.3 is 0 Å². The van der Waals surface area contributed by atoms with Crippen molar-refractivity contribution in [3.05, 3.63) is 94.6 Å². The molecule has 178 valence electrons. The van der Waals surface area contributed by atoms with Gasteiger partial charge < -0.3 is 10.6 Å². The van der Waals surface area contributed by atoms with Crippen LogP contribution in [0.5, 0.6) is 0 Å². The van der Waals surface area contributed by atoms with E-state index in [0.29, 0.717) is 21.5 Å². The molecule has 0 saturated heterocycles. The minimum absolute atomic E-state index is 0.138. The van der Waals surface area contributed by atoms with Crippen LogP contribution in [-0.4, -0.2) is 22.0 Å². The summed E-state index contributed by atoms with van der Waals surface area (Å²) >= 11 is 8.58. The van der Waals surface area contributed by atoms with E-state index < -0.39 is 5.25 Å². The highest BCUT2D eigenvalue weighted by molar-refractivity contribution is 8.00. The van der Waals surface area contributed by atoms with Crippen LogP contribution in [0, 0.1) is 5.82 Å². The van der Waals surface area contributed by atoms with E-state index in [4.69, 9.17) is 11.6 Å². The molecule has 0 aliphatic carbocycles. The van der Waals surface area contributed by atoms with E-state index in [1.807, 2.05) is 35.7 Å². The van der Waals surface area contributed by atoms with Crippen LogP contribution >= 0.6 is 34.7 Å². The van der Waals surface area contributed by atoms with Gasteiger partial charge in [0.15, 0.2) is 5.13 Å². The molecule has 5 nitrogen and oxygen atoms in total. The summed E-state index contributed by atoms with van der Waals surface area (Å²) in [6, 6.07) is 20.6. The molecular formula is C26H21ClFN3O2S2. The molecule has 0 aliphatic rings. The van der Waals surface area contributed by atoms with Crippen LogP contribution < -0.4 is 10.6 Å². The lowest BCUT2D eigenvalue weighted by Crippen LogP contribution is -2.22. The molecule has 0 bridgehead atoms. The van der Waals surface area contributed by atoms with Gasteiger partial charge in [-0.15, -0.1) is 23.1 Å². The summed E-state index contributed by atoms with van der Waals surface area (Å²) in [4.78, 5) is 30.4. The van der Waals surface area contributed by atoms with Gasteiger partial charge in [-0.05, 0) is 67.1 Å². The molecule has 35 heavy (non-hydrogen) atoms. The molecule has 0 spiro atoms. The summed E-state index contributed by atoms with van der Waals surface area (Å²) in [5.41, 5.74) is 2.98. The van der Waals surface area contributed by atoms with Crippen molar-refractivity contribution in [2.24, 2.45) is 0 Å². The zero-order valence-corrected chi connectivity index (χ0v) is 21.0. The van der Waals surface area contributed by atoms with Crippen molar-refractivity contribution in [3.63, 3.8) is 0 Å². The number of hydrogen-bond donors (Lipinski definition) is 2. The average molecular weight is 526 g/mol. The Bertz CT molecular complexity index is 1330. The predicted octanol–water partition coefficient (Wildman–Crippen LogP) is 6.90. The van der Waals surface area contributed by atoms with Crippen molar-refractivity contribution in [3.8, 4) is 11.3 Å². The molecule has 0 radical (unpaired) electrons. The minimum atomic E-state index is -0.395. The average Bonchev–Trinajstić information content (AvgIpc) is 3.29. The molecule has 1 aromatic heterocycles. The zero-order chi connectivity index (χ0) is 24.8. The first-order valence-electron chi connectivity index (χ1n) is 10.7. The fourth-order valence-electron chi connectivity index (χ4n) is 3.19. The van der Waals surface area contributed by atoms with Gasteiger partial charge in [0.25, 0.3) is 0 Å². The van der Waals surface area contributed by atoms with Crippen molar-refractivity contribution in [2.45, 2.75) is 23.5 Å². The third kappa shape index (κ3) is 7.14. The van der Waals surface area contributed by atoms with E-state index in [1.165, 1.54) is 35.2 Å². The molecule has 4 rings (SSSR count). The summed E-state index contributed by atoms with van der Waals surface area (Å²) in [7, 11) is 0. The maximum absolute atomic E-state index is 13.1. The lowest BCUT2D eigenvalue weighted by Gasteiger charge is -2.12. The Morgan fingerprint density at radius 3 is 2.54 bits per heavy atom. The number of benzene rings is 3. The third-order valence-corrected chi connectivity index (χ3v) is 7.06. The van der Waals surface area contributed by atoms with Crippen LogP contribution in [0.15, 0.2) is 83.1 Å². The summed E-state index contributed by atoms with van der Waals surface area (Å²) in [6.45, 7) is 1.81. The number of nitrogens with zero attached hydrogens (tertiary/aromatic N) is 1. The molecule has 0 fully saturated rings. The van der Waals surface area contributed by atoms with E-state index in [0.717, 1.165) is 16.0 Å². The monoisotopic (exact) mass is 525 g/mol. The Kier molecular flexibility index (Phi) is 8.17. The Morgan fingerprint density at radius 2 is 1.80 bits per heavy atom. The molecule has 0 aliphatic heterocycles. The predicted molar refractivity (Wildman–Crippen MR) is 142 cm³/mol. The lowest BCUT2D eigenvalue weighted by molar-refractivity contribution is -0.116.